The van der Waals surface area contributed by atoms with Gasteiger partial charge in [-0.1, -0.05) is 19.3 Å². The van der Waals surface area contributed by atoms with E-state index in [-0.39, 0.29) is 5.91 Å². The third kappa shape index (κ3) is 4.74. The van der Waals surface area contributed by atoms with Gasteiger partial charge < -0.3 is 9.72 Å². The van der Waals surface area contributed by atoms with Crippen LogP contribution >= 0.6 is 0 Å². The van der Waals surface area contributed by atoms with Crippen molar-refractivity contribution in [2.45, 2.75) is 51.1 Å². The highest BCUT2D eigenvalue weighted by Gasteiger charge is 2.30. The van der Waals surface area contributed by atoms with Crippen molar-refractivity contribution in [2.75, 3.05) is 6.54 Å². The summed E-state index contributed by atoms with van der Waals surface area (Å²) in [7, 11) is 0. The maximum absolute atomic E-state index is 12.7. The summed E-state index contributed by atoms with van der Waals surface area (Å²) in [6, 6.07) is 2.38. The van der Waals surface area contributed by atoms with Gasteiger partial charge in [0.25, 0.3) is 0 Å². The molecular weight excluding hydrogens is 331 g/mol. The number of hydrogen-bond acceptors (Lipinski definition) is 2. The monoisotopic (exact) mass is 353 g/mol. The van der Waals surface area contributed by atoms with Gasteiger partial charge in [0.2, 0.25) is 5.91 Å². The van der Waals surface area contributed by atoms with Crippen LogP contribution in [0.15, 0.2) is 24.5 Å². The first-order valence-corrected chi connectivity index (χ1v) is 8.73. The summed E-state index contributed by atoms with van der Waals surface area (Å²) >= 11 is 0. The van der Waals surface area contributed by atoms with Crippen LogP contribution in [0.1, 0.15) is 49.8 Å². The molecule has 0 radical (unpaired) electrons. The molecule has 25 heavy (non-hydrogen) atoms. The Kier molecular flexibility index (Phi) is 5.30. The number of nitrogens with one attached hydrogen (secondary N) is 1. The molecule has 0 aromatic carbocycles. The molecule has 7 heteroatoms. The number of nitrogens with zero attached hydrogens (tertiary/aromatic N) is 2. The summed E-state index contributed by atoms with van der Waals surface area (Å²) < 4.78 is 39.6. The molecule has 2 heterocycles. The van der Waals surface area contributed by atoms with E-state index in [1.165, 1.54) is 29.7 Å². The quantitative estimate of drug-likeness (QED) is 0.884. The molecule has 0 saturated heterocycles. The lowest BCUT2D eigenvalue weighted by Gasteiger charge is -2.20. The molecule has 0 aliphatic heterocycles. The van der Waals surface area contributed by atoms with E-state index in [1.807, 2.05) is 0 Å². The van der Waals surface area contributed by atoms with Crippen molar-refractivity contribution in [2.24, 2.45) is 5.92 Å². The Bertz CT molecular complexity index is 733. The van der Waals surface area contributed by atoms with Crippen LogP contribution in [-0.4, -0.2) is 21.8 Å². The number of amides is 1. The minimum atomic E-state index is -4.37. The Labute approximate surface area is 144 Å². The van der Waals surface area contributed by atoms with Crippen LogP contribution in [-0.2, 0) is 17.4 Å². The van der Waals surface area contributed by atoms with Gasteiger partial charge >= 0.3 is 6.18 Å². The summed E-state index contributed by atoms with van der Waals surface area (Å²) in [5.74, 6) is 0.541. The Morgan fingerprint density at radius 3 is 2.68 bits per heavy atom. The van der Waals surface area contributed by atoms with Crippen molar-refractivity contribution in [1.29, 1.82) is 0 Å². The van der Waals surface area contributed by atoms with Crippen LogP contribution in [0.2, 0.25) is 0 Å². The van der Waals surface area contributed by atoms with E-state index in [1.54, 1.807) is 6.20 Å². The number of imidazole rings is 1. The van der Waals surface area contributed by atoms with Crippen molar-refractivity contribution in [3.63, 3.8) is 0 Å². The molecule has 2 aromatic heterocycles. The first-order chi connectivity index (χ1) is 11.9. The van der Waals surface area contributed by atoms with Gasteiger partial charge in [0, 0.05) is 31.8 Å². The summed E-state index contributed by atoms with van der Waals surface area (Å²) in [5.41, 5.74) is 0.429. The molecular formula is C18H22F3N3O. The molecule has 0 spiro atoms. The summed E-state index contributed by atoms with van der Waals surface area (Å²) in [5, 5.41) is 2.89. The largest absolute Gasteiger partial charge is 0.417 e. The Balaban J connectivity index is 1.52. The maximum atomic E-state index is 12.7. The number of hydrogen-bond donors (Lipinski definition) is 1. The average Bonchev–Trinajstić information content (AvgIpc) is 2.96. The molecule has 1 aliphatic carbocycles. The predicted octanol–water partition coefficient (Wildman–Crippen LogP) is 3.98. The van der Waals surface area contributed by atoms with Gasteiger partial charge in [-0.2, -0.15) is 13.2 Å². The standard InChI is InChI=1S/C18H22F3N3O/c19-18(20,21)14-6-7-16-23-15(12-24(16)11-14)8-9-22-17(25)10-13-4-2-1-3-5-13/h6-7,11-13H,1-5,8-10H2,(H,22,25). The minimum Gasteiger partial charge on any atom is -0.356 e. The topological polar surface area (TPSA) is 46.4 Å². The van der Waals surface area contributed by atoms with Gasteiger partial charge in [-0.25, -0.2) is 4.98 Å². The van der Waals surface area contributed by atoms with E-state index >= 15 is 0 Å². The predicted molar refractivity (Wildman–Crippen MR) is 88.1 cm³/mol. The highest BCUT2D eigenvalue weighted by atomic mass is 19.4. The number of carbonyl (C=O) groups excluding carboxylic acids is 1. The molecule has 1 saturated carbocycles. The van der Waals surface area contributed by atoms with Crippen LogP contribution in [0.5, 0.6) is 0 Å². The zero-order valence-electron chi connectivity index (χ0n) is 14.0. The molecule has 1 amide bonds. The first kappa shape index (κ1) is 17.8. The van der Waals surface area contributed by atoms with Crippen LogP contribution in [0, 0.1) is 5.92 Å². The number of pyridine rings is 1. The minimum absolute atomic E-state index is 0.0509. The first-order valence-electron chi connectivity index (χ1n) is 8.73. The molecule has 0 atom stereocenters. The van der Waals surface area contributed by atoms with Gasteiger partial charge in [-0.05, 0) is 30.9 Å². The fourth-order valence-corrected chi connectivity index (χ4v) is 3.39. The lowest BCUT2D eigenvalue weighted by Crippen LogP contribution is -2.28. The van der Waals surface area contributed by atoms with Crippen molar-refractivity contribution in [3.8, 4) is 0 Å². The zero-order chi connectivity index (χ0) is 17.9. The lowest BCUT2D eigenvalue weighted by molar-refractivity contribution is -0.137. The molecule has 1 fully saturated rings. The summed E-state index contributed by atoms with van der Waals surface area (Å²) in [6.07, 6.45) is 5.25. The Hall–Kier alpha value is -2.05. The van der Waals surface area contributed by atoms with E-state index in [0.29, 0.717) is 36.6 Å². The van der Waals surface area contributed by atoms with Gasteiger partial charge in [-0.3, -0.25) is 4.79 Å². The number of alkyl halides is 3. The van der Waals surface area contributed by atoms with Crippen LogP contribution in [0.25, 0.3) is 5.65 Å². The fraction of sp³-hybridized carbons (Fsp3) is 0.556. The van der Waals surface area contributed by atoms with Crippen molar-refractivity contribution < 1.29 is 18.0 Å². The van der Waals surface area contributed by atoms with Gasteiger partial charge in [0.15, 0.2) is 0 Å². The molecule has 0 bridgehead atoms. The molecule has 0 unspecified atom stereocenters. The second-order valence-electron chi connectivity index (χ2n) is 6.72. The summed E-state index contributed by atoms with van der Waals surface area (Å²) in [6.45, 7) is 0.446. The van der Waals surface area contributed by atoms with Crippen molar-refractivity contribution in [3.05, 3.63) is 35.8 Å². The second-order valence-corrected chi connectivity index (χ2v) is 6.72. The molecule has 3 rings (SSSR count). The maximum Gasteiger partial charge on any atom is 0.417 e. The second kappa shape index (κ2) is 7.45. The number of aromatic nitrogens is 2. The van der Waals surface area contributed by atoms with Crippen LogP contribution < -0.4 is 5.32 Å². The van der Waals surface area contributed by atoms with Crippen LogP contribution in [0.3, 0.4) is 0 Å². The normalized spacial score (nSPS) is 16.3. The van der Waals surface area contributed by atoms with Crippen molar-refractivity contribution >= 4 is 11.6 Å². The van der Waals surface area contributed by atoms with Gasteiger partial charge in [-0.15, -0.1) is 0 Å². The van der Waals surface area contributed by atoms with E-state index in [9.17, 15) is 18.0 Å². The number of carbonyl (C=O) groups is 1. The van der Waals surface area contributed by atoms with E-state index in [4.69, 9.17) is 0 Å². The zero-order valence-corrected chi connectivity index (χ0v) is 14.0. The number of fused-ring (bicyclic) bond motifs is 1. The molecule has 1 N–H and O–H groups in total. The molecule has 4 nitrogen and oxygen atoms in total. The van der Waals surface area contributed by atoms with Gasteiger partial charge in [0.1, 0.15) is 5.65 Å². The molecule has 1 aliphatic rings. The third-order valence-electron chi connectivity index (χ3n) is 4.73. The highest BCUT2D eigenvalue weighted by molar-refractivity contribution is 5.76. The fourth-order valence-electron chi connectivity index (χ4n) is 3.39. The highest BCUT2D eigenvalue weighted by Crippen LogP contribution is 2.29. The Morgan fingerprint density at radius 1 is 1.20 bits per heavy atom. The van der Waals surface area contributed by atoms with E-state index in [2.05, 4.69) is 10.3 Å². The van der Waals surface area contributed by atoms with Gasteiger partial charge in [0.05, 0.1) is 11.3 Å². The van der Waals surface area contributed by atoms with E-state index < -0.39 is 11.7 Å². The smallest absolute Gasteiger partial charge is 0.356 e. The van der Waals surface area contributed by atoms with Crippen molar-refractivity contribution in [1.82, 2.24) is 14.7 Å². The third-order valence-corrected chi connectivity index (χ3v) is 4.73. The Morgan fingerprint density at radius 2 is 1.96 bits per heavy atom. The number of rotatable bonds is 5. The van der Waals surface area contributed by atoms with E-state index in [0.717, 1.165) is 25.1 Å². The SMILES string of the molecule is O=C(CC1CCCCC1)NCCc1cn2cc(C(F)(F)F)ccc2n1. The average molecular weight is 353 g/mol. The molecule has 136 valence electrons. The lowest BCUT2D eigenvalue weighted by atomic mass is 9.87. The number of halogens is 3. The summed E-state index contributed by atoms with van der Waals surface area (Å²) in [4.78, 5) is 16.3. The van der Waals surface area contributed by atoms with Crippen LogP contribution in [0.4, 0.5) is 13.2 Å². The molecule has 2 aromatic rings.